The molecular weight excluding hydrogens is 348 g/mol. The lowest BCUT2D eigenvalue weighted by Gasteiger charge is -2.26. The minimum atomic E-state index is -3.84. The average molecular weight is 372 g/mol. The molecule has 0 radical (unpaired) electrons. The molecule has 0 fully saturated rings. The minimum Gasteiger partial charge on any atom is -0.379 e. The van der Waals surface area contributed by atoms with Crippen molar-refractivity contribution >= 4 is 21.0 Å². The molecule has 0 bridgehead atoms. The summed E-state index contributed by atoms with van der Waals surface area (Å²) < 4.78 is 30.3. The molecule has 1 atom stereocenters. The molecule has 6 heteroatoms. The molecule has 3 aromatic rings. The van der Waals surface area contributed by atoms with Crippen molar-refractivity contribution < 1.29 is 12.6 Å². The van der Waals surface area contributed by atoms with E-state index in [1.807, 2.05) is 12.3 Å². The largest absolute Gasteiger partial charge is 0.379 e. The van der Waals surface area contributed by atoms with Gasteiger partial charge >= 0.3 is 10.1 Å². The van der Waals surface area contributed by atoms with Crippen LogP contribution in [-0.2, 0) is 10.1 Å². The summed E-state index contributed by atoms with van der Waals surface area (Å²) in [5, 5.41) is 0.977. The third-order valence-electron chi connectivity index (χ3n) is 4.73. The first-order valence-corrected chi connectivity index (χ1v) is 10.2. The molecule has 5 nitrogen and oxygen atoms in total. The summed E-state index contributed by atoms with van der Waals surface area (Å²) in [4.78, 5) is 5.75. The second-order valence-electron chi connectivity index (χ2n) is 6.20. The smallest absolute Gasteiger partial charge is 0.339 e. The first-order valence-electron chi connectivity index (χ1n) is 8.81. The molecule has 1 aromatic heterocycles. The summed E-state index contributed by atoms with van der Waals surface area (Å²) in [5.74, 6) is 0.314. The molecule has 3 rings (SSSR count). The van der Waals surface area contributed by atoms with Crippen molar-refractivity contribution in [2.75, 3.05) is 13.1 Å². The van der Waals surface area contributed by atoms with E-state index in [0.29, 0.717) is 5.75 Å². The van der Waals surface area contributed by atoms with Crippen LogP contribution in [0.1, 0.15) is 32.4 Å². The molecule has 0 aliphatic heterocycles. The molecule has 0 aliphatic carbocycles. The second kappa shape index (κ2) is 7.51. The Morgan fingerprint density at radius 1 is 1.08 bits per heavy atom. The fourth-order valence-corrected chi connectivity index (χ4v) is 4.19. The number of nitrogens with one attached hydrogen (secondary N) is 1. The van der Waals surface area contributed by atoms with E-state index < -0.39 is 10.1 Å². The van der Waals surface area contributed by atoms with Gasteiger partial charge in [-0.15, -0.1) is 0 Å². The molecule has 1 N–H and O–H groups in total. The van der Waals surface area contributed by atoms with E-state index in [1.54, 1.807) is 30.3 Å². The van der Waals surface area contributed by atoms with E-state index in [2.05, 4.69) is 30.7 Å². The Labute approximate surface area is 154 Å². The molecule has 26 heavy (non-hydrogen) atoms. The van der Waals surface area contributed by atoms with Gasteiger partial charge in [-0.3, -0.25) is 4.90 Å². The van der Waals surface area contributed by atoms with Crippen molar-refractivity contribution in [3.63, 3.8) is 0 Å². The molecule has 138 valence electrons. The monoisotopic (exact) mass is 372 g/mol. The van der Waals surface area contributed by atoms with Gasteiger partial charge in [0.1, 0.15) is 10.6 Å². The summed E-state index contributed by atoms with van der Waals surface area (Å²) in [5.41, 5.74) is 2.09. The van der Waals surface area contributed by atoms with E-state index in [9.17, 15) is 8.42 Å². The van der Waals surface area contributed by atoms with E-state index in [4.69, 9.17) is 4.18 Å². The van der Waals surface area contributed by atoms with Crippen LogP contribution in [0.5, 0.6) is 5.75 Å². The molecule has 0 amide bonds. The highest BCUT2D eigenvalue weighted by atomic mass is 32.2. The Morgan fingerprint density at radius 3 is 2.42 bits per heavy atom. The van der Waals surface area contributed by atoms with Crippen molar-refractivity contribution in [3.05, 3.63) is 60.3 Å². The maximum atomic E-state index is 12.5. The van der Waals surface area contributed by atoms with Gasteiger partial charge in [0.05, 0.1) is 0 Å². The quantitative estimate of drug-likeness (QED) is 0.627. The average Bonchev–Trinajstić information content (AvgIpc) is 3.06. The zero-order valence-corrected chi connectivity index (χ0v) is 16.1. The van der Waals surface area contributed by atoms with Crippen LogP contribution in [0.25, 0.3) is 10.9 Å². The summed E-state index contributed by atoms with van der Waals surface area (Å²) in [6, 6.07) is 13.7. The molecular formula is C20H24N2O3S. The summed E-state index contributed by atoms with van der Waals surface area (Å²) in [6.07, 6.45) is 1.99. The lowest BCUT2D eigenvalue weighted by atomic mass is 10.1. The first kappa shape index (κ1) is 18.5. The van der Waals surface area contributed by atoms with Gasteiger partial charge in [0.25, 0.3) is 0 Å². The van der Waals surface area contributed by atoms with Crippen molar-refractivity contribution in [2.45, 2.75) is 31.7 Å². The van der Waals surface area contributed by atoms with Gasteiger partial charge in [-0.25, -0.2) is 0 Å². The number of aromatic nitrogens is 1. The van der Waals surface area contributed by atoms with Crippen LogP contribution >= 0.6 is 0 Å². The topological polar surface area (TPSA) is 62.4 Å². The van der Waals surface area contributed by atoms with Gasteiger partial charge in [-0.1, -0.05) is 32.0 Å². The molecule has 1 heterocycles. The van der Waals surface area contributed by atoms with Gasteiger partial charge < -0.3 is 9.17 Å². The van der Waals surface area contributed by atoms with Crippen LogP contribution in [0.15, 0.2) is 59.6 Å². The molecule has 0 spiro atoms. The van der Waals surface area contributed by atoms with Gasteiger partial charge in [0.2, 0.25) is 0 Å². The lowest BCUT2D eigenvalue weighted by Crippen LogP contribution is -2.26. The van der Waals surface area contributed by atoms with E-state index in [1.165, 1.54) is 12.1 Å². The Bertz CT molecular complexity index is 977. The maximum Gasteiger partial charge on any atom is 0.339 e. The summed E-state index contributed by atoms with van der Waals surface area (Å²) >= 11 is 0. The Morgan fingerprint density at radius 2 is 1.77 bits per heavy atom. The first-order chi connectivity index (χ1) is 12.5. The lowest BCUT2D eigenvalue weighted by molar-refractivity contribution is 0.235. The summed E-state index contributed by atoms with van der Waals surface area (Å²) in [7, 11) is -3.84. The van der Waals surface area contributed by atoms with Gasteiger partial charge in [0.15, 0.2) is 0 Å². The van der Waals surface area contributed by atoms with Crippen LogP contribution in [0.4, 0.5) is 0 Å². The van der Waals surface area contributed by atoms with Crippen molar-refractivity contribution in [1.29, 1.82) is 0 Å². The molecule has 2 aromatic carbocycles. The Balaban J connectivity index is 1.95. The highest BCUT2D eigenvalue weighted by molar-refractivity contribution is 7.87. The molecule has 0 aliphatic rings. The van der Waals surface area contributed by atoms with E-state index in [0.717, 1.165) is 29.6 Å². The highest BCUT2D eigenvalue weighted by Gasteiger charge is 2.19. The minimum absolute atomic E-state index is 0.144. The molecule has 0 saturated heterocycles. The van der Waals surface area contributed by atoms with E-state index in [-0.39, 0.29) is 10.9 Å². The zero-order valence-electron chi connectivity index (χ0n) is 15.3. The number of benzene rings is 2. The van der Waals surface area contributed by atoms with Crippen LogP contribution in [0.3, 0.4) is 0 Å². The molecule has 0 saturated carbocycles. The normalized spacial score (nSPS) is 13.2. The standard InChI is InChI=1S/C20H24N2O3S/c1-4-22(5-2)15(3)19-14-21-20-12-11-16(13-18(19)20)25-26(23,24)17-9-7-6-8-10-17/h6-15,21H,4-5H2,1-3H3. The number of H-pyrrole nitrogens is 1. The predicted molar refractivity (Wildman–Crippen MR) is 104 cm³/mol. The third kappa shape index (κ3) is 3.61. The van der Waals surface area contributed by atoms with Crippen LogP contribution in [0.2, 0.25) is 0 Å². The fourth-order valence-electron chi connectivity index (χ4n) is 3.25. The van der Waals surface area contributed by atoms with Crippen LogP contribution < -0.4 is 4.18 Å². The molecule has 1 unspecified atom stereocenters. The fraction of sp³-hybridized carbons (Fsp3) is 0.300. The highest BCUT2D eigenvalue weighted by Crippen LogP contribution is 2.31. The maximum absolute atomic E-state index is 12.5. The number of hydrogen-bond donors (Lipinski definition) is 1. The Hall–Kier alpha value is -2.31. The number of nitrogens with zero attached hydrogens (tertiary/aromatic N) is 1. The van der Waals surface area contributed by atoms with Gasteiger partial charge in [-0.05, 0) is 55.9 Å². The van der Waals surface area contributed by atoms with Crippen LogP contribution in [-0.4, -0.2) is 31.4 Å². The number of hydrogen-bond acceptors (Lipinski definition) is 4. The number of fused-ring (bicyclic) bond motifs is 1. The van der Waals surface area contributed by atoms with Gasteiger partial charge in [0, 0.05) is 23.1 Å². The Kier molecular flexibility index (Phi) is 5.34. The second-order valence-corrected chi connectivity index (χ2v) is 7.75. The number of rotatable bonds is 7. The number of aromatic amines is 1. The third-order valence-corrected chi connectivity index (χ3v) is 5.99. The van der Waals surface area contributed by atoms with E-state index >= 15 is 0 Å². The summed E-state index contributed by atoms with van der Waals surface area (Å²) in [6.45, 7) is 8.32. The van der Waals surface area contributed by atoms with Crippen molar-refractivity contribution in [3.8, 4) is 5.75 Å². The van der Waals surface area contributed by atoms with Crippen molar-refractivity contribution in [2.24, 2.45) is 0 Å². The van der Waals surface area contributed by atoms with Gasteiger partial charge in [-0.2, -0.15) is 8.42 Å². The van der Waals surface area contributed by atoms with Crippen molar-refractivity contribution in [1.82, 2.24) is 9.88 Å². The van der Waals surface area contributed by atoms with Crippen LogP contribution in [0, 0.1) is 0 Å². The SMILES string of the molecule is CCN(CC)C(C)c1c[nH]c2ccc(OS(=O)(=O)c3ccccc3)cc12. The zero-order chi connectivity index (χ0) is 18.7. The predicted octanol–water partition coefficient (Wildman–Crippen LogP) is 4.34.